The second-order valence-corrected chi connectivity index (χ2v) is 9.09. The quantitative estimate of drug-likeness (QED) is 0.407. The van der Waals surface area contributed by atoms with Gasteiger partial charge in [0.05, 0.1) is 12.1 Å². The number of nitrogen functional groups attached to an aromatic ring is 1. The number of fused-ring (bicyclic) bond motifs is 2. The molecule has 4 aromatic rings. The van der Waals surface area contributed by atoms with E-state index in [-0.39, 0.29) is 11.9 Å². The molecule has 0 saturated carbocycles. The predicted octanol–water partition coefficient (Wildman–Crippen LogP) is 4.37. The zero-order chi connectivity index (χ0) is 24.4. The summed E-state index contributed by atoms with van der Waals surface area (Å²) in [5.41, 5.74) is 11.2. The maximum atomic E-state index is 13.6. The summed E-state index contributed by atoms with van der Waals surface area (Å²) in [5.74, 6) is 0.755. The fourth-order valence-corrected chi connectivity index (χ4v) is 4.50. The molecular weight excluding hydrogens is 438 g/mol. The molecule has 0 bridgehead atoms. The van der Waals surface area contributed by atoms with E-state index in [9.17, 15) is 4.79 Å². The number of rotatable bonds is 7. The van der Waals surface area contributed by atoms with E-state index in [4.69, 9.17) is 10.5 Å². The number of hydrogen-bond acceptors (Lipinski definition) is 6. The Hall–Kier alpha value is -3.97. The molecule has 7 heteroatoms. The van der Waals surface area contributed by atoms with E-state index in [1.807, 2.05) is 54.6 Å². The van der Waals surface area contributed by atoms with Crippen LogP contribution in [0.5, 0.6) is 5.75 Å². The number of para-hydroxylation sites is 1. The monoisotopic (exact) mass is 467 g/mol. The van der Waals surface area contributed by atoms with Crippen LogP contribution in [0.2, 0.25) is 0 Å². The third kappa shape index (κ3) is 4.81. The average Bonchev–Trinajstić information content (AvgIpc) is 3.30. The zero-order valence-corrected chi connectivity index (χ0v) is 20.1. The number of ether oxygens (including phenoxy) is 1. The maximum absolute atomic E-state index is 13.6. The number of nitrogens with zero attached hydrogens (tertiary/aromatic N) is 4. The Morgan fingerprint density at radius 3 is 2.46 bits per heavy atom. The molecule has 35 heavy (non-hydrogen) atoms. The molecule has 1 aliphatic rings. The van der Waals surface area contributed by atoms with Gasteiger partial charge in [-0.05, 0) is 55.4 Å². The van der Waals surface area contributed by atoms with Crippen molar-refractivity contribution in [2.24, 2.45) is 0 Å². The molecule has 178 valence electrons. The smallest absolute Gasteiger partial charge is 0.273 e. The van der Waals surface area contributed by atoms with Gasteiger partial charge in [-0.25, -0.2) is 9.97 Å². The van der Waals surface area contributed by atoms with Crippen molar-refractivity contribution in [3.63, 3.8) is 0 Å². The fraction of sp³-hybridized carbons (Fsp3) is 0.250. The van der Waals surface area contributed by atoms with Gasteiger partial charge in [-0.1, -0.05) is 48.5 Å². The maximum Gasteiger partial charge on any atom is 0.273 e. The van der Waals surface area contributed by atoms with E-state index in [2.05, 4.69) is 41.1 Å². The highest BCUT2D eigenvalue weighted by atomic mass is 16.5. The molecule has 0 radical (unpaired) electrons. The van der Waals surface area contributed by atoms with Gasteiger partial charge in [-0.2, -0.15) is 0 Å². The van der Waals surface area contributed by atoms with Crippen LogP contribution in [-0.4, -0.2) is 52.9 Å². The highest BCUT2D eigenvalue weighted by molar-refractivity contribution is 6.06. The highest BCUT2D eigenvalue weighted by Gasteiger charge is 2.27. The van der Waals surface area contributed by atoms with E-state index >= 15 is 0 Å². The van der Waals surface area contributed by atoms with E-state index < -0.39 is 0 Å². The van der Waals surface area contributed by atoms with Crippen molar-refractivity contribution in [3.05, 3.63) is 83.6 Å². The molecule has 1 amide bonds. The zero-order valence-electron chi connectivity index (χ0n) is 20.1. The van der Waals surface area contributed by atoms with Crippen molar-refractivity contribution in [2.45, 2.75) is 19.5 Å². The number of benzene rings is 3. The molecule has 2 N–H and O–H groups in total. The molecule has 1 aliphatic heterocycles. The van der Waals surface area contributed by atoms with Crippen LogP contribution in [0, 0.1) is 0 Å². The van der Waals surface area contributed by atoms with E-state index in [1.165, 1.54) is 0 Å². The lowest BCUT2D eigenvalue weighted by atomic mass is 10.0. The molecule has 3 aromatic carbocycles. The Morgan fingerprint density at radius 1 is 1.00 bits per heavy atom. The summed E-state index contributed by atoms with van der Waals surface area (Å²) in [7, 11) is 4.11. The van der Waals surface area contributed by atoms with Gasteiger partial charge < -0.3 is 20.3 Å². The van der Waals surface area contributed by atoms with E-state index in [0.717, 1.165) is 41.0 Å². The minimum Gasteiger partial charge on any atom is -0.493 e. The predicted molar refractivity (Wildman–Crippen MR) is 138 cm³/mol. The van der Waals surface area contributed by atoms with Gasteiger partial charge in [0.15, 0.2) is 0 Å². The number of amides is 1. The Balaban J connectivity index is 1.48. The molecule has 2 heterocycles. The summed E-state index contributed by atoms with van der Waals surface area (Å²) in [5, 5.41) is 0.681. The van der Waals surface area contributed by atoms with Gasteiger partial charge in [0.25, 0.3) is 5.91 Å². The summed E-state index contributed by atoms with van der Waals surface area (Å²) in [6.45, 7) is 2.71. The van der Waals surface area contributed by atoms with Crippen molar-refractivity contribution in [1.82, 2.24) is 19.8 Å². The van der Waals surface area contributed by atoms with Crippen LogP contribution in [-0.2, 0) is 13.1 Å². The van der Waals surface area contributed by atoms with Gasteiger partial charge in [0, 0.05) is 30.6 Å². The third-order valence-corrected chi connectivity index (χ3v) is 6.25. The van der Waals surface area contributed by atoms with Crippen LogP contribution in [0.25, 0.3) is 22.0 Å². The molecule has 1 aromatic heterocycles. The van der Waals surface area contributed by atoms with Crippen LogP contribution in [0.15, 0.2) is 66.7 Å². The van der Waals surface area contributed by atoms with Gasteiger partial charge >= 0.3 is 0 Å². The minimum absolute atomic E-state index is 0.0925. The molecule has 0 aliphatic carbocycles. The largest absolute Gasteiger partial charge is 0.493 e. The average molecular weight is 468 g/mol. The second kappa shape index (κ2) is 9.72. The van der Waals surface area contributed by atoms with E-state index in [0.29, 0.717) is 36.3 Å². The van der Waals surface area contributed by atoms with Crippen molar-refractivity contribution in [3.8, 4) is 16.9 Å². The van der Waals surface area contributed by atoms with Crippen molar-refractivity contribution in [1.29, 1.82) is 0 Å². The highest BCUT2D eigenvalue weighted by Crippen LogP contribution is 2.33. The summed E-state index contributed by atoms with van der Waals surface area (Å²) >= 11 is 0. The number of hydrogen-bond donors (Lipinski definition) is 1. The van der Waals surface area contributed by atoms with Crippen LogP contribution in [0.1, 0.15) is 28.0 Å². The number of anilines is 1. The van der Waals surface area contributed by atoms with Crippen LogP contribution in [0.4, 0.5) is 5.95 Å². The van der Waals surface area contributed by atoms with Gasteiger partial charge in [-0.15, -0.1) is 0 Å². The molecule has 0 atom stereocenters. The minimum atomic E-state index is -0.148. The lowest BCUT2D eigenvalue weighted by molar-refractivity contribution is 0.0747. The molecule has 0 saturated heterocycles. The summed E-state index contributed by atoms with van der Waals surface area (Å²) in [6.07, 6.45) is 0.934. The summed E-state index contributed by atoms with van der Waals surface area (Å²) in [6, 6.07) is 21.9. The first-order chi connectivity index (χ1) is 17.0. The topological polar surface area (TPSA) is 84.6 Å². The molecule has 0 fully saturated rings. The van der Waals surface area contributed by atoms with Crippen LogP contribution >= 0.6 is 0 Å². The Bertz CT molecular complexity index is 1360. The first kappa shape index (κ1) is 22.8. The summed E-state index contributed by atoms with van der Waals surface area (Å²) in [4.78, 5) is 26.3. The van der Waals surface area contributed by atoms with Crippen LogP contribution < -0.4 is 10.5 Å². The first-order valence-corrected chi connectivity index (χ1v) is 11.8. The normalized spacial score (nSPS) is 12.8. The standard InChI is InChI=1S/C28H29N5O2/c1-32(2)14-7-15-35-25-11-6-5-10-22(25)19-12-13-24-23(16-19)26(31-28(29)30-24)27(34)33-17-20-8-3-4-9-21(20)18-33/h3-6,8-13,16H,7,14-15,17-18H2,1-2H3,(H2,29,30,31). The van der Waals surface area contributed by atoms with Crippen LogP contribution in [0.3, 0.4) is 0 Å². The molecule has 0 unspecified atom stereocenters. The van der Waals surface area contributed by atoms with E-state index in [1.54, 1.807) is 4.90 Å². The third-order valence-electron chi connectivity index (χ3n) is 6.25. The van der Waals surface area contributed by atoms with Gasteiger partial charge in [-0.3, -0.25) is 4.79 Å². The number of carbonyl (C=O) groups is 1. The number of aromatic nitrogens is 2. The SMILES string of the molecule is CN(C)CCCOc1ccccc1-c1ccc2nc(N)nc(C(=O)N3Cc4ccccc4C3)c2c1. The van der Waals surface area contributed by atoms with Crippen molar-refractivity contribution in [2.75, 3.05) is 33.0 Å². The fourth-order valence-electron chi connectivity index (χ4n) is 4.50. The Morgan fingerprint density at radius 2 is 1.71 bits per heavy atom. The number of nitrogens with two attached hydrogens (primary N) is 1. The van der Waals surface area contributed by atoms with Crippen molar-refractivity contribution >= 4 is 22.8 Å². The van der Waals surface area contributed by atoms with Gasteiger partial charge in [0.2, 0.25) is 5.95 Å². The summed E-state index contributed by atoms with van der Waals surface area (Å²) < 4.78 is 6.11. The Labute approximate surface area is 205 Å². The molecular formula is C28H29N5O2. The van der Waals surface area contributed by atoms with Gasteiger partial charge in [0.1, 0.15) is 11.4 Å². The molecule has 5 rings (SSSR count). The van der Waals surface area contributed by atoms with Crippen molar-refractivity contribution < 1.29 is 9.53 Å². The molecule has 0 spiro atoms. The number of carbonyl (C=O) groups excluding carboxylic acids is 1. The molecule has 7 nitrogen and oxygen atoms in total. The first-order valence-electron chi connectivity index (χ1n) is 11.8. The lowest BCUT2D eigenvalue weighted by Gasteiger charge is -2.17. The Kier molecular flexibility index (Phi) is 6.33. The lowest BCUT2D eigenvalue weighted by Crippen LogP contribution is -2.27. The second-order valence-electron chi connectivity index (χ2n) is 9.09.